The molecule has 4 heteroatoms. The van der Waals surface area contributed by atoms with Crippen molar-refractivity contribution in [2.75, 3.05) is 0 Å². The van der Waals surface area contributed by atoms with Gasteiger partial charge in [0.15, 0.2) is 0 Å². The fraction of sp³-hybridized carbons (Fsp3) is 0.118. The average molecular weight is 280 g/mol. The summed E-state index contributed by atoms with van der Waals surface area (Å²) in [5, 5.41) is 10.1. The molecule has 0 radical (unpaired) electrons. The highest BCUT2D eigenvalue weighted by atomic mass is 16.4. The summed E-state index contributed by atoms with van der Waals surface area (Å²) in [5.74, 6) is -0.987. The minimum Gasteiger partial charge on any atom is -0.480 e. The number of rotatable bonds is 4. The molecule has 106 valence electrons. The van der Waals surface area contributed by atoms with E-state index in [1.165, 1.54) is 0 Å². The molecule has 3 rings (SSSR count). The first-order valence-corrected chi connectivity index (χ1v) is 6.80. The summed E-state index contributed by atoms with van der Waals surface area (Å²) in [4.78, 5) is 14.5. The van der Waals surface area contributed by atoms with E-state index in [0.29, 0.717) is 6.42 Å². The van der Waals surface area contributed by atoms with Gasteiger partial charge in [-0.1, -0.05) is 48.5 Å². The summed E-state index contributed by atoms with van der Waals surface area (Å²) in [6.07, 6.45) is 0.295. The molecule has 0 aliphatic rings. The Hall–Kier alpha value is -2.59. The van der Waals surface area contributed by atoms with E-state index in [1.807, 2.05) is 54.6 Å². The molecule has 0 fully saturated rings. The normalized spacial score (nSPS) is 12.4. The van der Waals surface area contributed by atoms with Crippen molar-refractivity contribution in [3.05, 3.63) is 60.2 Å². The largest absolute Gasteiger partial charge is 0.480 e. The van der Waals surface area contributed by atoms with Crippen LogP contribution < -0.4 is 5.73 Å². The Morgan fingerprint density at radius 1 is 1.10 bits per heavy atom. The Balaban J connectivity index is 2.17. The van der Waals surface area contributed by atoms with E-state index in [9.17, 15) is 4.79 Å². The fourth-order valence-corrected chi connectivity index (χ4v) is 2.57. The van der Waals surface area contributed by atoms with Gasteiger partial charge in [-0.25, -0.2) is 0 Å². The molecule has 0 aliphatic heterocycles. The molecule has 2 aromatic carbocycles. The van der Waals surface area contributed by atoms with E-state index in [4.69, 9.17) is 10.8 Å². The van der Waals surface area contributed by atoms with E-state index in [1.54, 1.807) is 0 Å². The third-order valence-electron chi connectivity index (χ3n) is 3.62. The second-order valence-corrected chi connectivity index (χ2v) is 5.04. The van der Waals surface area contributed by atoms with Crippen LogP contribution in [-0.4, -0.2) is 22.1 Å². The Bertz CT molecular complexity index is 778. The van der Waals surface area contributed by atoms with Crippen LogP contribution in [0.1, 0.15) is 5.56 Å². The number of nitrogens with two attached hydrogens (primary N) is 1. The van der Waals surface area contributed by atoms with Crippen LogP contribution in [0, 0.1) is 0 Å². The number of carboxylic acid groups (broad SMARTS) is 1. The Morgan fingerprint density at radius 2 is 1.76 bits per heavy atom. The van der Waals surface area contributed by atoms with Gasteiger partial charge in [0, 0.05) is 23.0 Å². The molecule has 0 aliphatic carbocycles. The SMILES string of the molecule is N[C@@H](Cc1c(-c2ccccc2)[nH]c2ccccc12)C(=O)O. The summed E-state index contributed by atoms with van der Waals surface area (Å²) in [6.45, 7) is 0. The quantitative estimate of drug-likeness (QED) is 0.687. The topological polar surface area (TPSA) is 79.1 Å². The average Bonchev–Trinajstić information content (AvgIpc) is 2.87. The van der Waals surface area contributed by atoms with Gasteiger partial charge < -0.3 is 15.8 Å². The number of fused-ring (bicyclic) bond motifs is 1. The van der Waals surface area contributed by atoms with Crippen molar-refractivity contribution >= 4 is 16.9 Å². The lowest BCUT2D eigenvalue weighted by Gasteiger charge is -2.08. The summed E-state index contributed by atoms with van der Waals surface area (Å²) < 4.78 is 0. The van der Waals surface area contributed by atoms with E-state index in [2.05, 4.69) is 4.98 Å². The molecule has 0 saturated heterocycles. The number of benzene rings is 2. The molecular formula is C17H16N2O2. The number of nitrogens with one attached hydrogen (secondary N) is 1. The zero-order valence-corrected chi connectivity index (χ0v) is 11.4. The third kappa shape index (κ3) is 2.53. The number of aromatic amines is 1. The van der Waals surface area contributed by atoms with Crippen LogP contribution in [0.25, 0.3) is 22.2 Å². The van der Waals surface area contributed by atoms with Gasteiger partial charge in [-0.3, -0.25) is 4.79 Å². The van der Waals surface area contributed by atoms with E-state index in [-0.39, 0.29) is 0 Å². The smallest absolute Gasteiger partial charge is 0.320 e. The molecule has 4 nitrogen and oxygen atoms in total. The first-order valence-electron chi connectivity index (χ1n) is 6.80. The van der Waals surface area contributed by atoms with Gasteiger partial charge in [-0.15, -0.1) is 0 Å². The molecule has 3 aromatic rings. The van der Waals surface area contributed by atoms with Crippen molar-refractivity contribution in [2.45, 2.75) is 12.5 Å². The lowest BCUT2D eigenvalue weighted by Crippen LogP contribution is -2.32. The van der Waals surface area contributed by atoms with Crippen LogP contribution in [0.2, 0.25) is 0 Å². The maximum Gasteiger partial charge on any atom is 0.320 e. The molecule has 4 N–H and O–H groups in total. The lowest BCUT2D eigenvalue weighted by molar-refractivity contribution is -0.138. The molecule has 0 bridgehead atoms. The fourth-order valence-electron chi connectivity index (χ4n) is 2.57. The third-order valence-corrected chi connectivity index (χ3v) is 3.62. The molecule has 1 heterocycles. The molecule has 0 amide bonds. The first-order chi connectivity index (χ1) is 10.2. The number of H-pyrrole nitrogens is 1. The minimum atomic E-state index is -0.987. The van der Waals surface area contributed by atoms with Crippen molar-refractivity contribution in [3.8, 4) is 11.3 Å². The maximum atomic E-state index is 11.1. The van der Waals surface area contributed by atoms with Crippen molar-refractivity contribution < 1.29 is 9.90 Å². The minimum absolute atomic E-state index is 0.295. The zero-order valence-electron chi connectivity index (χ0n) is 11.4. The number of carbonyl (C=O) groups is 1. The van der Waals surface area contributed by atoms with Crippen molar-refractivity contribution in [2.24, 2.45) is 5.73 Å². The molecule has 0 saturated carbocycles. The van der Waals surface area contributed by atoms with Crippen LogP contribution in [-0.2, 0) is 11.2 Å². The second-order valence-electron chi connectivity index (χ2n) is 5.04. The van der Waals surface area contributed by atoms with Crippen molar-refractivity contribution in [1.82, 2.24) is 4.98 Å². The summed E-state index contributed by atoms with van der Waals surface area (Å²) >= 11 is 0. The Morgan fingerprint density at radius 3 is 2.48 bits per heavy atom. The van der Waals surface area contributed by atoms with Crippen molar-refractivity contribution in [1.29, 1.82) is 0 Å². The number of carboxylic acids is 1. The molecular weight excluding hydrogens is 264 g/mol. The standard InChI is InChI=1S/C17H16N2O2/c18-14(17(20)21)10-13-12-8-4-5-9-15(12)19-16(13)11-6-2-1-3-7-11/h1-9,14,19H,10,18H2,(H,20,21)/t14-/m0/s1. The second kappa shape index (κ2) is 5.42. The van der Waals surface area contributed by atoms with Crippen LogP contribution >= 0.6 is 0 Å². The molecule has 1 aromatic heterocycles. The van der Waals surface area contributed by atoms with Gasteiger partial charge in [0.2, 0.25) is 0 Å². The zero-order chi connectivity index (χ0) is 14.8. The van der Waals surface area contributed by atoms with Crippen LogP contribution in [0.15, 0.2) is 54.6 Å². The molecule has 0 unspecified atom stereocenters. The summed E-state index contributed by atoms with van der Waals surface area (Å²) in [5.41, 5.74) is 9.64. The van der Waals surface area contributed by atoms with Gasteiger partial charge >= 0.3 is 5.97 Å². The highest BCUT2D eigenvalue weighted by molar-refractivity contribution is 5.91. The molecule has 1 atom stereocenters. The Labute approximate surface area is 122 Å². The predicted octanol–water partition coefficient (Wildman–Crippen LogP) is 2.79. The number of aliphatic carboxylic acids is 1. The summed E-state index contributed by atoms with van der Waals surface area (Å²) in [7, 11) is 0. The van der Waals surface area contributed by atoms with Crippen LogP contribution in [0.3, 0.4) is 0 Å². The van der Waals surface area contributed by atoms with Gasteiger partial charge in [0.05, 0.1) is 0 Å². The van der Waals surface area contributed by atoms with E-state index >= 15 is 0 Å². The highest BCUT2D eigenvalue weighted by Gasteiger charge is 2.19. The van der Waals surface area contributed by atoms with Crippen LogP contribution in [0.4, 0.5) is 0 Å². The number of hydrogen-bond donors (Lipinski definition) is 3. The summed E-state index contributed by atoms with van der Waals surface area (Å²) in [6, 6.07) is 16.8. The number of aromatic nitrogens is 1. The van der Waals surface area contributed by atoms with Crippen LogP contribution in [0.5, 0.6) is 0 Å². The lowest BCUT2D eigenvalue weighted by atomic mass is 9.99. The first kappa shape index (κ1) is 13.4. The van der Waals surface area contributed by atoms with E-state index in [0.717, 1.165) is 27.7 Å². The number of para-hydroxylation sites is 1. The van der Waals surface area contributed by atoms with Gasteiger partial charge in [0.25, 0.3) is 0 Å². The predicted molar refractivity (Wildman–Crippen MR) is 83.0 cm³/mol. The van der Waals surface area contributed by atoms with Crippen molar-refractivity contribution in [3.63, 3.8) is 0 Å². The van der Waals surface area contributed by atoms with Gasteiger partial charge in [0.1, 0.15) is 6.04 Å². The monoisotopic (exact) mass is 280 g/mol. The van der Waals surface area contributed by atoms with E-state index < -0.39 is 12.0 Å². The number of hydrogen-bond acceptors (Lipinski definition) is 2. The Kier molecular flexibility index (Phi) is 3.46. The van der Waals surface area contributed by atoms with Gasteiger partial charge in [-0.2, -0.15) is 0 Å². The molecule has 21 heavy (non-hydrogen) atoms. The highest BCUT2D eigenvalue weighted by Crippen LogP contribution is 2.31. The maximum absolute atomic E-state index is 11.1. The molecule has 0 spiro atoms. The van der Waals surface area contributed by atoms with Gasteiger partial charge in [-0.05, 0) is 17.2 Å².